The first-order chi connectivity index (χ1) is 10.2. The number of rotatable bonds is 8. The number of carbonyl (C=O) groups excluding carboxylic acids is 1. The second kappa shape index (κ2) is 8.11. The summed E-state index contributed by atoms with van der Waals surface area (Å²) in [6.07, 6.45) is 2.43. The number of ether oxygens (including phenoxy) is 1. The summed E-state index contributed by atoms with van der Waals surface area (Å²) in [5, 5.41) is 19.4. The van der Waals surface area contributed by atoms with Crippen molar-refractivity contribution < 1.29 is 19.7 Å². The summed E-state index contributed by atoms with van der Waals surface area (Å²) < 4.78 is 5.59. The minimum atomic E-state index is -1.07. The monoisotopic (exact) mass is 306 g/mol. The van der Waals surface area contributed by atoms with Gasteiger partial charge in [-0.15, -0.1) is 0 Å². The van der Waals surface area contributed by atoms with Gasteiger partial charge in [0.2, 0.25) is 0 Å². The number of hydrogen-bond donors (Lipinski definition) is 2. The Hall–Kier alpha value is -1.65. The molecule has 0 aliphatic rings. The minimum Gasteiger partial charge on any atom is -0.490 e. The average Bonchev–Trinajstić information content (AvgIpc) is 2.44. The number of allylic oxidation sites excluding steroid dienone is 1. The van der Waals surface area contributed by atoms with Gasteiger partial charge in [0.1, 0.15) is 12.4 Å². The predicted molar refractivity (Wildman–Crippen MR) is 87.2 cm³/mol. The standard InChI is InChI=1S/C18H26O4/c1-13(5-10-17(20)18(3,4)21)11-12-22-16-8-6-15(7-9-16)14(2)19/h6-9,11,17,20-21H,5,10,12H2,1-4H3/b13-11+. The van der Waals surface area contributed by atoms with Crippen LogP contribution in [0.25, 0.3) is 0 Å². The molecule has 0 aromatic heterocycles. The van der Waals surface area contributed by atoms with Crippen LogP contribution in [0.3, 0.4) is 0 Å². The number of aliphatic hydroxyl groups excluding tert-OH is 1. The Balaban J connectivity index is 2.40. The molecule has 0 amide bonds. The predicted octanol–water partition coefficient (Wildman–Crippen LogP) is 3.13. The molecule has 0 bridgehead atoms. The van der Waals surface area contributed by atoms with Crippen molar-refractivity contribution in [1.82, 2.24) is 0 Å². The molecule has 0 saturated carbocycles. The van der Waals surface area contributed by atoms with E-state index in [1.165, 1.54) is 6.92 Å². The highest BCUT2D eigenvalue weighted by Gasteiger charge is 2.23. The van der Waals surface area contributed by atoms with E-state index in [4.69, 9.17) is 4.74 Å². The summed E-state index contributed by atoms with van der Waals surface area (Å²) in [6, 6.07) is 7.04. The third-order valence-corrected chi connectivity index (χ3v) is 3.57. The molecule has 0 saturated heterocycles. The van der Waals surface area contributed by atoms with Gasteiger partial charge in [0.25, 0.3) is 0 Å². The van der Waals surface area contributed by atoms with Gasteiger partial charge in [0.15, 0.2) is 5.78 Å². The molecular weight excluding hydrogens is 280 g/mol. The third kappa shape index (κ3) is 6.41. The molecule has 0 aliphatic heterocycles. The molecule has 0 aliphatic carbocycles. The van der Waals surface area contributed by atoms with E-state index in [0.717, 1.165) is 5.57 Å². The van der Waals surface area contributed by atoms with Crippen molar-refractivity contribution in [1.29, 1.82) is 0 Å². The molecule has 4 nitrogen and oxygen atoms in total. The lowest BCUT2D eigenvalue weighted by Gasteiger charge is -2.24. The number of carbonyl (C=O) groups is 1. The second-order valence-electron chi connectivity index (χ2n) is 6.15. The quantitative estimate of drug-likeness (QED) is 0.572. The van der Waals surface area contributed by atoms with E-state index in [2.05, 4.69) is 0 Å². The minimum absolute atomic E-state index is 0.0349. The smallest absolute Gasteiger partial charge is 0.159 e. The van der Waals surface area contributed by atoms with Crippen LogP contribution in [0.5, 0.6) is 5.75 Å². The number of Topliss-reactive ketones (excluding diaryl/α,β-unsaturated/α-hetero) is 1. The normalized spacial score (nSPS) is 13.8. The molecule has 1 aromatic carbocycles. The molecule has 1 aromatic rings. The van der Waals surface area contributed by atoms with Crippen molar-refractivity contribution in [2.24, 2.45) is 0 Å². The maximum atomic E-state index is 11.2. The first-order valence-electron chi connectivity index (χ1n) is 7.50. The molecule has 1 atom stereocenters. The van der Waals surface area contributed by atoms with Crippen LogP contribution in [0.15, 0.2) is 35.9 Å². The first kappa shape index (κ1) is 18.4. The number of benzene rings is 1. The van der Waals surface area contributed by atoms with E-state index in [-0.39, 0.29) is 5.78 Å². The summed E-state index contributed by atoms with van der Waals surface area (Å²) >= 11 is 0. The summed E-state index contributed by atoms with van der Waals surface area (Å²) in [5.74, 6) is 0.748. The Kier molecular flexibility index (Phi) is 6.78. The van der Waals surface area contributed by atoms with Crippen LogP contribution < -0.4 is 4.74 Å². The van der Waals surface area contributed by atoms with Gasteiger partial charge in [-0.05, 0) is 70.9 Å². The topological polar surface area (TPSA) is 66.8 Å². The SMILES string of the molecule is CC(=O)c1ccc(OC/C=C(\C)CCC(O)C(C)(C)O)cc1. The van der Waals surface area contributed by atoms with Crippen LogP contribution in [0.2, 0.25) is 0 Å². The van der Waals surface area contributed by atoms with Crippen LogP contribution in [-0.4, -0.2) is 34.3 Å². The molecule has 0 radical (unpaired) electrons. The van der Waals surface area contributed by atoms with Gasteiger partial charge in [0.05, 0.1) is 11.7 Å². The lowest BCUT2D eigenvalue weighted by atomic mass is 9.96. The van der Waals surface area contributed by atoms with Gasteiger partial charge >= 0.3 is 0 Å². The van der Waals surface area contributed by atoms with E-state index in [1.54, 1.807) is 38.1 Å². The molecule has 0 fully saturated rings. The van der Waals surface area contributed by atoms with E-state index >= 15 is 0 Å². The molecule has 1 rings (SSSR count). The number of ketones is 1. The average molecular weight is 306 g/mol. The van der Waals surface area contributed by atoms with Gasteiger partial charge < -0.3 is 14.9 Å². The van der Waals surface area contributed by atoms with Crippen molar-refractivity contribution in [2.45, 2.75) is 52.2 Å². The maximum Gasteiger partial charge on any atom is 0.159 e. The van der Waals surface area contributed by atoms with Crippen LogP contribution >= 0.6 is 0 Å². The molecule has 2 N–H and O–H groups in total. The van der Waals surface area contributed by atoms with Crippen molar-refractivity contribution in [3.8, 4) is 5.75 Å². The Morgan fingerprint density at radius 3 is 2.36 bits per heavy atom. The Morgan fingerprint density at radius 2 is 1.86 bits per heavy atom. The van der Waals surface area contributed by atoms with Crippen molar-refractivity contribution in [3.05, 3.63) is 41.5 Å². The summed E-state index contributed by atoms with van der Waals surface area (Å²) in [5.41, 5.74) is 0.693. The molecule has 0 spiro atoms. The zero-order chi connectivity index (χ0) is 16.8. The lowest BCUT2D eigenvalue weighted by Crippen LogP contribution is -2.35. The van der Waals surface area contributed by atoms with Crippen molar-refractivity contribution in [2.75, 3.05) is 6.61 Å². The zero-order valence-corrected chi connectivity index (χ0v) is 13.8. The van der Waals surface area contributed by atoms with Crippen LogP contribution in [0.1, 0.15) is 50.9 Å². The third-order valence-electron chi connectivity index (χ3n) is 3.57. The van der Waals surface area contributed by atoms with Crippen LogP contribution in [-0.2, 0) is 0 Å². The summed E-state index contributed by atoms with van der Waals surface area (Å²) in [4.78, 5) is 11.2. The van der Waals surface area contributed by atoms with Gasteiger partial charge in [-0.2, -0.15) is 0 Å². The van der Waals surface area contributed by atoms with E-state index < -0.39 is 11.7 Å². The molecule has 0 heterocycles. The van der Waals surface area contributed by atoms with E-state index in [0.29, 0.717) is 30.8 Å². The molecular formula is C18H26O4. The largest absolute Gasteiger partial charge is 0.490 e. The van der Waals surface area contributed by atoms with Gasteiger partial charge in [-0.25, -0.2) is 0 Å². The van der Waals surface area contributed by atoms with Crippen molar-refractivity contribution in [3.63, 3.8) is 0 Å². The fourth-order valence-corrected chi connectivity index (χ4v) is 1.89. The van der Waals surface area contributed by atoms with Crippen LogP contribution in [0.4, 0.5) is 0 Å². The summed E-state index contributed by atoms with van der Waals surface area (Å²) in [6.45, 7) is 7.14. The zero-order valence-electron chi connectivity index (χ0n) is 13.8. The van der Waals surface area contributed by atoms with Gasteiger partial charge in [-0.1, -0.05) is 5.57 Å². The molecule has 1 unspecified atom stereocenters. The fourth-order valence-electron chi connectivity index (χ4n) is 1.89. The Labute approximate surface area is 132 Å². The Bertz CT molecular complexity index is 509. The van der Waals surface area contributed by atoms with Crippen molar-refractivity contribution >= 4 is 5.78 Å². The first-order valence-corrected chi connectivity index (χ1v) is 7.50. The van der Waals surface area contributed by atoms with E-state index in [1.807, 2.05) is 13.0 Å². The van der Waals surface area contributed by atoms with Gasteiger partial charge in [0, 0.05) is 5.56 Å². The lowest BCUT2D eigenvalue weighted by molar-refractivity contribution is -0.0509. The number of hydrogen-bond acceptors (Lipinski definition) is 4. The fraction of sp³-hybridized carbons (Fsp3) is 0.500. The van der Waals surface area contributed by atoms with Gasteiger partial charge in [-0.3, -0.25) is 4.79 Å². The molecule has 4 heteroatoms. The highest BCUT2D eigenvalue weighted by atomic mass is 16.5. The highest BCUT2D eigenvalue weighted by molar-refractivity contribution is 5.94. The number of aliphatic hydroxyl groups is 2. The maximum absolute atomic E-state index is 11.2. The van der Waals surface area contributed by atoms with Crippen LogP contribution in [0, 0.1) is 0 Å². The second-order valence-corrected chi connectivity index (χ2v) is 6.15. The molecule has 122 valence electrons. The van der Waals surface area contributed by atoms with E-state index in [9.17, 15) is 15.0 Å². The molecule has 22 heavy (non-hydrogen) atoms. The highest BCUT2D eigenvalue weighted by Crippen LogP contribution is 2.17. The summed E-state index contributed by atoms with van der Waals surface area (Å²) in [7, 11) is 0. The Morgan fingerprint density at radius 1 is 1.27 bits per heavy atom.